The van der Waals surface area contributed by atoms with Gasteiger partial charge in [-0.1, -0.05) is 12.1 Å². The van der Waals surface area contributed by atoms with Crippen molar-refractivity contribution in [2.45, 2.75) is 13.0 Å². The number of nitro groups is 1. The Balaban J connectivity index is 0.00000144. The highest BCUT2D eigenvalue weighted by molar-refractivity contribution is 8.93. The highest BCUT2D eigenvalue weighted by Crippen LogP contribution is 2.15. The lowest BCUT2D eigenvalue weighted by Gasteiger charge is -2.03. The lowest BCUT2D eigenvalue weighted by Crippen LogP contribution is -2.04. The Labute approximate surface area is 86.7 Å². The molecule has 0 fully saturated rings. The van der Waals surface area contributed by atoms with Gasteiger partial charge in [0, 0.05) is 18.2 Å². The van der Waals surface area contributed by atoms with Crippen molar-refractivity contribution in [1.29, 1.82) is 0 Å². The van der Waals surface area contributed by atoms with Crippen LogP contribution in [0.25, 0.3) is 0 Å². The van der Waals surface area contributed by atoms with Gasteiger partial charge in [-0.15, -0.1) is 17.0 Å². The minimum Gasteiger partial charge on any atom is -0.324 e. The molecule has 0 aliphatic heterocycles. The number of benzene rings is 1. The number of nitrogens with zero attached hydrogens (tertiary/aromatic N) is 1. The van der Waals surface area contributed by atoms with Crippen LogP contribution < -0.4 is 5.73 Å². The molecule has 0 aliphatic rings. The first kappa shape index (κ1) is 12.1. The highest BCUT2D eigenvalue weighted by Gasteiger charge is 2.05. The highest BCUT2D eigenvalue weighted by atomic mass is 79.9. The summed E-state index contributed by atoms with van der Waals surface area (Å²) in [5.74, 6) is 0. The van der Waals surface area contributed by atoms with Gasteiger partial charge in [-0.05, 0) is 12.5 Å². The quantitative estimate of drug-likeness (QED) is 0.643. The molecular formula is C8H11BrN2O2. The van der Waals surface area contributed by atoms with Crippen molar-refractivity contribution < 1.29 is 4.92 Å². The molecule has 0 aromatic heterocycles. The Bertz CT molecular complexity index is 285. The standard InChI is InChI=1S/C8H10N2O2.BrH/c1-6(9)7-2-4-8(5-3-7)10(11)12;/h2-6H,9H2,1H3;1H. The molecule has 72 valence electrons. The van der Waals surface area contributed by atoms with E-state index in [0.717, 1.165) is 5.56 Å². The van der Waals surface area contributed by atoms with Crippen LogP contribution in [0.1, 0.15) is 18.5 Å². The van der Waals surface area contributed by atoms with E-state index in [1.165, 1.54) is 12.1 Å². The van der Waals surface area contributed by atoms with Gasteiger partial charge in [0.15, 0.2) is 0 Å². The third-order valence-corrected chi connectivity index (χ3v) is 1.63. The molecule has 0 amide bonds. The van der Waals surface area contributed by atoms with Crippen molar-refractivity contribution in [3.63, 3.8) is 0 Å². The van der Waals surface area contributed by atoms with Crippen LogP contribution in [0, 0.1) is 10.1 Å². The summed E-state index contributed by atoms with van der Waals surface area (Å²) < 4.78 is 0. The molecule has 1 aromatic rings. The fraction of sp³-hybridized carbons (Fsp3) is 0.250. The van der Waals surface area contributed by atoms with Gasteiger partial charge in [-0.25, -0.2) is 0 Å². The molecule has 0 radical (unpaired) electrons. The van der Waals surface area contributed by atoms with Gasteiger partial charge in [0.1, 0.15) is 0 Å². The summed E-state index contributed by atoms with van der Waals surface area (Å²) in [4.78, 5) is 9.83. The van der Waals surface area contributed by atoms with Gasteiger partial charge >= 0.3 is 0 Å². The molecule has 5 heteroatoms. The normalized spacial score (nSPS) is 11.5. The number of nitrogens with two attached hydrogens (primary N) is 1. The molecular weight excluding hydrogens is 236 g/mol. The van der Waals surface area contributed by atoms with E-state index >= 15 is 0 Å². The molecule has 0 aliphatic carbocycles. The van der Waals surface area contributed by atoms with E-state index in [2.05, 4.69) is 0 Å². The molecule has 0 saturated carbocycles. The Hall–Kier alpha value is -0.940. The average Bonchev–Trinajstić information content (AvgIpc) is 2.04. The summed E-state index contributed by atoms with van der Waals surface area (Å²) in [5.41, 5.74) is 6.57. The molecule has 13 heavy (non-hydrogen) atoms. The Morgan fingerprint density at radius 1 is 1.38 bits per heavy atom. The fourth-order valence-corrected chi connectivity index (χ4v) is 0.900. The Kier molecular flexibility index (Phi) is 4.58. The number of hydrogen-bond donors (Lipinski definition) is 1. The number of hydrogen-bond acceptors (Lipinski definition) is 3. The maximum atomic E-state index is 10.3. The molecule has 0 heterocycles. The monoisotopic (exact) mass is 246 g/mol. The van der Waals surface area contributed by atoms with Crippen molar-refractivity contribution >= 4 is 22.7 Å². The maximum absolute atomic E-state index is 10.3. The largest absolute Gasteiger partial charge is 0.324 e. The second-order valence-electron chi connectivity index (χ2n) is 2.64. The molecule has 1 rings (SSSR count). The van der Waals surface area contributed by atoms with E-state index in [9.17, 15) is 10.1 Å². The smallest absolute Gasteiger partial charge is 0.269 e. The first-order valence-corrected chi connectivity index (χ1v) is 3.61. The van der Waals surface area contributed by atoms with Crippen LogP contribution >= 0.6 is 17.0 Å². The van der Waals surface area contributed by atoms with E-state index in [1.54, 1.807) is 12.1 Å². The molecule has 1 aromatic carbocycles. The third-order valence-electron chi connectivity index (χ3n) is 1.63. The Morgan fingerprint density at radius 3 is 2.15 bits per heavy atom. The minimum absolute atomic E-state index is 0. The van der Waals surface area contributed by atoms with Gasteiger partial charge in [-0.2, -0.15) is 0 Å². The number of non-ortho nitro benzene ring substituents is 1. The van der Waals surface area contributed by atoms with Crippen LogP contribution in [0.15, 0.2) is 24.3 Å². The molecule has 2 N–H and O–H groups in total. The number of nitro benzene ring substituents is 1. The first-order chi connectivity index (χ1) is 5.61. The molecule has 1 atom stereocenters. The van der Waals surface area contributed by atoms with Crippen LogP contribution in [0.4, 0.5) is 5.69 Å². The summed E-state index contributed by atoms with van der Waals surface area (Å²) in [5, 5.41) is 10.3. The second kappa shape index (κ2) is 4.94. The van der Waals surface area contributed by atoms with Crippen LogP contribution in [-0.4, -0.2) is 4.92 Å². The van der Waals surface area contributed by atoms with Crippen LogP contribution in [0.3, 0.4) is 0 Å². The van der Waals surface area contributed by atoms with Crippen molar-refractivity contribution in [2.75, 3.05) is 0 Å². The van der Waals surface area contributed by atoms with E-state index in [-0.39, 0.29) is 28.7 Å². The van der Waals surface area contributed by atoms with E-state index in [1.807, 2.05) is 6.92 Å². The van der Waals surface area contributed by atoms with Crippen molar-refractivity contribution in [3.05, 3.63) is 39.9 Å². The molecule has 4 nitrogen and oxygen atoms in total. The molecule has 0 saturated heterocycles. The Morgan fingerprint density at radius 2 is 1.85 bits per heavy atom. The van der Waals surface area contributed by atoms with Gasteiger partial charge in [-0.3, -0.25) is 10.1 Å². The summed E-state index contributed by atoms with van der Waals surface area (Å²) in [6, 6.07) is 6.18. The van der Waals surface area contributed by atoms with Gasteiger partial charge in [0.05, 0.1) is 4.92 Å². The number of rotatable bonds is 2. The van der Waals surface area contributed by atoms with E-state index < -0.39 is 4.92 Å². The fourth-order valence-electron chi connectivity index (χ4n) is 0.900. The molecule has 0 bridgehead atoms. The summed E-state index contributed by atoms with van der Waals surface area (Å²) in [6.07, 6.45) is 0. The molecule has 0 spiro atoms. The van der Waals surface area contributed by atoms with Gasteiger partial charge < -0.3 is 5.73 Å². The van der Waals surface area contributed by atoms with E-state index in [0.29, 0.717) is 0 Å². The minimum atomic E-state index is -0.426. The summed E-state index contributed by atoms with van der Waals surface area (Å²) >= 11 is 0. The zero-order valence-electron chi connectivity index (χ0n) is 7.14. The number of halogens is 1. The average molecular weight is 247 g/mol. The summed E-state index contributed by atoms with van der Waals surface area (Å²) in [6.45, 7) is 1.83. The predicted molar refractivity (Wildman–Crippen MR) is 56.0 cm³/mol. The second-order valence-corrected chi connectivity index (χ2v) is 2.64. The molecule has 1 unspecified atom stereocenters. The predicted octanol–water partition coefficient (Wildman–Crippen LogP) is 2.19. The van der Waals surface area contributed by atoms with Crippen molar-refractivity contribution in [1.82, 2.24) is 0 Å². The van der Waals surface area contributed by atoms with E-state index in [4.69, 9.17) is 5.73 Å². The maximum Gasteiger partial charge on any atom is 0.269 e. The van der Waals surface area contributed by atoms with Crippen LogP contribution in [0.5, 0.6) is 0 Å². The summed E-state index contributed by atoms with van der Waals surface area (Å²) in [7, 11) is 0. The lowest BCUT2D eigenvalue weighted by atomic mass is 10.1. The van der Waals surface area contributed by atoms with Crippen LogP contribution in [0.2, 0.25) is 0 Å². The SMILES string of the molecule is Br.CC(N)c1ccc([N+](=O)[O-])cc1. The van der Waals surface area contributed by atoms with Crippen LogP contribution in [-0.2, 0) is 0 Å². The lowest BCUT2D eigenvalue weighted by molar-refractivity contribution is -0.384. The zero-order valence-corrected chi connectivity index (χ0v) is 8.85. The zero-order chi connectivity index (χ0) is 9.14. The van der Waals surface area contributed by atoms with Crippen molar-refractivity contribution in [3.8, 4) is 0 Å². The topological polar surface area (TPSA) is 69.2 Å². The first-order valence-electron chi connectivity index (χ1n) is 3.61. The van der Waals surface area contributed by atoms with Crippen molar-refractivity contribution in [2.24, 2.45) is 5.73 Å². The van der Waals surface area contributed by atoms with Gasteiger partial charge in [0.2, 0.25) is 0 Å². The van der Waals surface area contributed by atoms with Gasteiger partial charge in [0.25, 0.3) is 5.69 Å². The third kappa shape index (κ3) is 3.12.